The van der Waals surface area contributed by atoms with Crippen molar-refractivity contribution < 1.29 is 14.0 Å². The summed E-state index contributed by atoms with van der Waals surface area (Å²) in [6.45, 7) is 3.27. The Balaban J connectivity index is 1.48. The fraction of sp³-hybridized carbons (Fsp3) is 0.591. The molecule has 1 aromatic rings. The highest BCUT2D eigenvalue weighted by Crippen LogP contribution is 2.28. The van der Waals surface area contributed by atoms with Crippen LogP contribution in [0.1, 0.15) is 62.2 Å². The monoisotopic (exact) mass is 400 g/mol. The zero-order valence-electron chi connectivity index (χ0n) is 16.9. The molecule has 156 valence electrons. The van der Waals surface area contributed by atoms with Gasteiger partial charge in [0.2, 0.25) is 5.91 Å². The molecule has 0 radical (unpaired) electrons. The first-order chi connectivity index (χ1) is 13.9. The maximum Gasteiger partial charge on any atom is 0.251 e. The number of carbonyl (C=O) groups is 2. The van der Waals surface area contributed by atoms with E-state index in [-0.39, 0.29) is 29.7 Å². The van der Waals surface area contributed by atoms with Crippen LogP contribution in [0.3, 0.4) is 0 Å². The number of likely N-dealkylation sites (tertiary alicyclic amines) is 1. The lowest BCUT2D eigenvalue weighted by Crippen LogP contribution is -2.56. The minimum atomic E-state index is -0.717. The molecule has 29 heavy (non-hydrogen) atoms. The highest BCUT2D eigenvalue weighted by atomic mass is 19.1. The normalized spacial score (nSPS) is 21.0. The predicted octanol–water partition coefficient (Wildman–Crippen LogP) is 2.75. The number of nitrogens with one attached hydrogen (secondary N) is 2. The fourth-order valence-electron chi connectivity index (χ4n) is 4.23. The zero-order chi connectivity index (χ0) is 20.9. The number of nitrogens with zero attached hydrogens (tertiary/aromatic N) is 2. The topological polar surface area (TPSA) is 85.2 Å². The summed E-state index contributed by atoms with van der Waals surface area (Å²) in [6, 6.07) is 7.55. The Hall–Kier alpha value is -2.46. The standard InChI is InChI=1S/C22H29FN4O2/c1-16(20(28)26-22(15-24)11-3-2-4-12-22)27-13-9-19(10-14-27)25-21(29)17-5-7-18(23)8-6-17/h5-8,16,19H,2-4,9-14H2,1H3,(H,25,29)(H,26,28)/t16-/m1/s1. The number of amides is 2. The van der Waals surface area contributed by atoms with Crippen molar-refractivity contribution in [2.45, 2.75) is 69.5 Å². The van der Waals surface area contributed by atoms with Gasteiger partial charge in [-0.1, -0.05) is 19.3 Å². The van der Waals surface area contributed by atoms with Crippen LogP contribution in [0.5, 0.6) is 0 Å². The Kier molecular flexibility index (Phi) is 6.86. The number of hydrogen-bond acceptors (Lipinski definition) is 4. The fourth-order valence-corrected chi connectivity index (χ4v) is 4.23. The Bertz CT molecular complexity index is 760. The van der Waals surface area contributed by atoms with Crippen molar-refractivity contribution in [3.63, 3.8) is 0 Å². The van der Waals surface area contributed by atoms with Crippen LogP contribution in [-0.4, -0.2) is 47.4 Å². The van der Waals surface area contributed by atoms with Gasteiger partial charge in [0.05, 0.1) is 12.1 Å². The van der Waals surface area contributed by atoms with Crippen LogP contribution in [0, 0.1) is 17.1 Å². The van der Waals surface area contributed by atoms with E-state index in [2.05, 4.69) is 21.6 Å². The van der Waals surface area contributed by atoms with Crippen LogP contribution < -0.4 is 10.6 Å². The van der Waals surface area contributed by atoms with Crippen LogP contribution in [0.15, 0.2) is 24.3 Å². The van der Waals surface area contributed by atoms with E-state index in [9.17, 15) is 19.2 Å². The first-order valence-corrected chi connectivity index (χ1v) is 10.5. The number of piperidine rings is 1. The molecule has 1 aromatic carbocycles. The molecule has 0 unspecified atom stereocenters. The summed E-state index contributed by atoms with van der Waals surface area (Å²) < 4.78 is 13.0. The minimum absolute atomic E-state index is 0.0304. The summed E-state index contributed by atoms with van der Waals surface area (Å²) >= 11 is 0. The van der Waals surface area contributed by atoms with Crippen LogP contribution in [-0.2, 0) is 4.79 Å². The number of halogens is 1. The molecule has 2 fully saturated rings. The third kappa shape index (κ3) is 5.33. The molecule has 1 atom stereocenters. The van der Waals surface area contributed by atoms with Gasteiger partial charge in [0.1, 0.15) is 11.4 Å². The molecule has 1 saturated heterocycles. The molecule has 3 rings (SSSR count). The maximum absolute atomic E-state index is 13.0. The van der Waals surface area contributed by atoms with Crippen LogP contribution in [0.25, 0.3) is 0 Å². The van der Waals surface area contributed by atoms with Crippen molar-refractivity contribution >= 4 is 11.8 Å². The largest absolute Gasteiger partial charge is 0.349 e. The van der Waals surface area contributed by atoms with Gasteiger partial charge in [-0.15, -0.1) is 0 Å². The molecule has 6 nitrogen and oxygen atoms in total. The van der Waals surface area contributed by atoms with Gasteiger partial charge in [-0.05, 0) is 56.9 Å². The molecular formula is C22H29FN4O2. The molecule has 2 amide bonds. The van der Waals surface area contributed by atoms with Crippen LogP contribution in [0.2, 0.25) is 0 Å². The quantitative estimate of drug-likeness (QED) is 0.796. The van der Waals surface area contributed by atoms with Crippen molar-refractivity contribution in [1.29, 1.82) is 5.26 Å². The third-order valence-corrected chi connectivity index (χ3v) is 6.18. The molecule has 1 aliphatic carbocycles. The molecule has 7 heteroatoms. The predicted molar refractivity (Wildman–Crippen MR) is 107 cm³/mol. The summed E-state index contributed by atoms with van der Waals surface area (Å²) in [5.74, 6) is -0.668. The molecule has 2 N–H and O–H groups in total. The second-order valence-corrected chi connectivity index (χ2v) is 8.21. The van der Waals surface area contributed by atoms with Gasteiger partial charge < -0.3 is 10.6 Å². The van der Waals surface area contributed by atoms with E-state index in [0.29, 0.717) is 18.7 Å². The molecule has 0 spiro atoms. The summed E-state index contributed by atoms with van der Waals surface area (Å²) in [5.41, 5.74) is -0.277. The maximum atomic E-state index is 13.0. The van der Waals surface area contributed by atoms with Crippen molar-refractivity contribution in [2.75, 3.05) is 13.1 Å². The lowest BCUT2D eigenvalue weighted by atomic mass is 9.82. The van der Waals surface area contributed by atoms with Crippen molar-refractivity contribution in [3.8, 4) is 6.07 Å². The van der Waals surface area contributed by atoms with Crippen molar-refractivity contribution in [1.82, 2.24) is 15.5 Å². The van der Waals surface area contributed by atoms with E-state index in [1.165, 1.54) is 24.3 Å². The van der Waals surface area contributed by atoms with E-state index in [0.717, 1.165) is 44.9 Å². The van der Waals surface area contributed by atoms with Crippen molar-refractivity contribution in [2.24, 2.45) is 0 Å². The van der Waals surface area contributed by atoms with Gasteiger partial charge >= 0.3 is 0 Å². The Morgan fingerprint density at radius 1 is 1.17 bits per heavy atom. The lowest BCUT2D eigenvalue weighted by molar-refractivity contribution is -0.128. The van der Waals surface area contributed by atoms with Gasteiger partial charge in [-0.3, -0.25) is 14.5 Å². The molecule has 1 aliphatic heterocycles. The number of carbonyl (C=O) groups excluding carboxylic acids is 2. The van der Waals surface area contributed by atoms with Gasteiger partial charge in [0.15, 0.2) is 0 Å². The summed E-state index contributed by atoms with van der Waals surface area (Å²) in [5, 5.41) is 15.6. The summed E-state index contributed by atoms with van der Waals surface area (Å²) in [4.78, 5) is 27.1. The smallest absolute Gasteiger partial charge is 0.251 e. The Morgan fingerprint density at radius 2 is 1.79 bits per heavy atom. The molecule has 0 bridgehead atoms. The van der Waals surface area contributed by atoms with E-state index in [1.54, 1.807) is 0 Å². The minimum Gasteiger partial charge on any atom is -0.349 e. The average Bonchev–Trinajstić information content (AvgIpc) is 2.75. The van der Waals surface area contributed by atoms with Gasteiger partial charge in [0, 0.05) is 24.7 Å². The Labute approximate surface area is 171 Å². The highest BCUT2D eigenvalue weighted by Gasteiger charge is 2.36. The van der Waals surface area contributed by atoms with Gasteiger partial charge in [0.25, 0.3) is 5.91 Å². The van der Waals surface area contributed by atoms with E-state index < -0.39 is 5.54 Å². The highest BCUT2D eigenvalue weighted by molar-refractivity contribution is 5.94. The molecular weight excluding hydrogens is 371 g/mol. The van der Waals surface area contributed by atoms with Crippen LogP contribution >= 0.6 is 0 Å². The molecule has 0 aromatic heterocycles. The SMILES string of the molecule is C[C@H](C(=O)NC1(C#N)CCCCC1)N1CCC(NC(=O)c2ccc(F)cc2)CC1. The van der Waals surface area contributed by atoms with Gasteiger partial charge in [-0.25, -0.2) is 4.39 Å². The second kappa shape index (κ2) is 9.36. The third-order valence-electron chi connectivity index (χ3n) is 6.18. The molecule has 1 saturated carbocycles. The van der Waals surface area contributed by atoms with E-state index in [1.807, 2.05) is 6.92 Å². The van der Waals surface area contributed by atoms with Gasteiger partial charge in [-0.2, -0.15) is 5.26 Å². The number of nitriles is 1. The summed E-state index contributed by atoms with van der Waals surface area (Å²) in [6.07, 6.45) is 6.00. The van der Waals surface area contributed by atoms with E-state index >= 15 is 0 Å². The average molecular weight is 400 g/mol. The lowest BCUT2D eigenvalue weighted by Gasteiger charge is -2.38. The first-order valence-electron chi connectivity index (χ1n) is 10.5. The molecule has 1 heterocycles. The number of rotatable bonds is 5. The summed E-state index contributed by atoms with van der Waals surface area (Å²) in [7, 11) is 0. The zero-order valence-corrected chi connectivity index (χ0v) is 16.9. The number of benzene rings is 1. The van der Waals surface area contributed by atoms with Crippen molar-refractivity contribution in [3.05, 3.63) is 35.6 Å². The first kappa shape index (κ1) is 21.3. The van der Waals surface area contributed by atoms with E-state index in [4.69, 9.17) is 0 Å². The van der Waals surface area contributed by atoms with Crippen LogP contribution in [0.4, 0.5) is 4.39 Å². The number of hydrogen-bond donors (Lipinski definition) is 2. The molecule has 2 aliphatic rings. The Morgan fingerprint density at radius 3 is 2.38 bits per heavy atom. The second-order valence-electron chi connectivity index (χ2n) is 8.21.